The summed E-state index contributed by atoms with van der Waals surface area (Å²) in [6, 6.07) is 15.4. The second-order valence-corrected chi connectivity index (χ2v) is 7.31. The van der Waals surface area contributed by atoms with Gasteiger partial charge in [0.25, 0.3) is 0 Å². The van der Waals surface area contributed by atoms with Crippen LogP contribution in [0.4, 0.5) is 4.79 Å². The van der Waals surface area contributed by atoms with Crippen molar-refractivity contribution >= 4 is 28.7 Å². The first kappa shape index (κ1) is 17.6. The monoisotopic (exact) mass is 425 g/mol. The van der Waals surface area contributed by atoms with Crippen LogP contribution >= 0.6 is 22.6 Å². The Morgan fingerprint density at radius 2 is 1.74 bits per heavy atom. The number of nitrogens with one attached hydrogen (secondary N) is 1. The van der Waals surface area contributed by atoms with Gasteiger partial charge in [0, 0.05) is 10.1 Å². The number of rotatable bonds is 4. The fraction of sp³-hybridized carbons (Fsp3) is 0.278. The number of benzene rings is 2. The Balaban J connectivity index is 1.96. The molecule has 2 aromatic rings. The Hall–Kier alpha value is -1.76. The Kier molecular flexibility index (Phi) is 5.87. The molecule has 5 heteroatoms. The summed E-state index contributed by atoms with van der Waals surface area (Å²) in [5.74, 6) is 1.52. The van der Waals surface area contributed by atoms with Gasteiger partial charge in [-0.2, -0.15) is 0 Å². The molecule has 0 saturated carbocycles. The standard InChI is InChI=1S/C18H20INO3/c1-18(2,3)23-17(21)20-12-13-6-4-8-15(10-13)22-16-9-5-7-14(19)11-16/h4-11H,12H2,1-3H3,(H,20,21). The van der Waals surface area contributed by atoms with E-state index in [1.807, 2.05) is 69.3 Å². The average molecular weight is 425 g/mol. The van der Waals surface area contributed by atoms with E-state index in [1.165, 1.54) is 0 Å². The second kappa shape index (κ2) is 7.68. The Bertz CT molecular complexity index is 680. The molecule has 23 heavy (non-hydrogen) atoms. The largest absolute Gasteiger partial charge is 0.457 e. The number of carbonyl (C=O) groups excluding carboxylic acids is 1. The van der Waals surface area contributed by atoms with Crippen LogP contribution in [0.25, 0.3) is 0 Å². The lowest BCUT2D eigenvalue weighted by atomic mass is 10.2. The van der Waals surface area contributed by atoms with Crippen LogP contribution in [0.2, 0.25) is 0 Å². The molecule has 2 rings (SSSR count). The van der Waals surface area contributed by atoms with Gasteiger partial charge in [-0.3, -0.25) is 0 Å². The van der Waals surface area contributed by atoms with E-state index in [0.717, 1.165) is 20.6 Å². The van der Waals surface area contributed by atoms with Gasteiger partial charge in [0.05, 0.1) is 0 Å². The third kappa shape index (κ3) is 6.48. The summed E-state index contributed by atoms with van der Waals surface area (Å²) in [6.45, 7) is 5.89. The molecule has 0 atom stereocenters. The van der Waals surface area contributed by atoms with Gasteiger partial charge >= 0.3 is 6.09 Å². The quantitative estimate of drug-likeness (QED) is 0.693. The topological polar surface area (TPSA) is 47.6 Å². The lowest BCUT2D eigenvalue weighted by molar-refractivity contribution is 0.0523. The zero-order valence-corrected chi connectivity index (χ0v) is 15.6. The van der Waals surface area contributed by atoms with Crippen molar-refractivity contribution in [2.45, 2.75) is 32.9 Å². The fourth-order valence-electron chi connectivity index (χ4n) is 1.87. The Morgan fingerprint density at radius 3 is 2.39 bits per heavy atom. The number of ether oxygens (including phenoxy) is 2. The smallest absolute Gasteiger partial charge is 0.407 e. The summed E-state index contributed by atoms with van der Waals surface area (Å²) in [7, 11) is 0. The van der Waals surface area contributed by atoms with Gasteiger partial charge in [-0.15, -0.1) is 0 Å². The molecule has 0 aliphatic rings. The third-order valence-electron chi connectivity index (χ3n) is 2.77. The van der Waals surface area contributed by atoms with Crippen molar-refractivity contribution in [2.75, 3.05) is 0 Å². The highest BCUT2D eigenvalue weighted by atomic mass is 127. The van der Waals surface area contributed by atoms with E-state index < -0.39 is 11.7 Å². The number of hydrogen-bond donors (Lipinski definition) is 1. The molecule has 2 aromatic carbocycles. The normalized spacial score (nSPS) is 11.0. The highest BCUT2D eigenvalue weighted by Gasteiger charge is 2.15. The van der Waals surface area contributed by atoms with Crippen molar-refractivity contribution in [1.29, 1.82) is 0 Å². The van der Waals surface area contributed by atoms with Crippen LogP contribution in [-0.2, 0) is 11.3 Å². The summed E-state index contributed by atoms with van der Waals surface area (Å²) in [5.41, 5.74) is 0.443. The maximum absolute atomic E-state index is 11.7. The van der Waals surface area contributed by atoms with E-state index in [0.29, 0.717) is 6.54 Å². The molecule has 0 saturated heterocycles. The van der Waals surface area contributed by atoms with Gasteiger partial charge < -0.3 is 14.8 Å². The van der Waals surface area contributed by atoms with Crippen LogP contribution in [0.3, 0.4) is 0 Å². The number of halogens is 1. The molecule has 0 aromatic heterocycles. The number of amides is 1. The number of alkyl carbamates (subject to hydrolysis) is 1. The van der Waals surface area contributed by atoms with Gasteiger partial charge in [0.1, 0.15) is 17.1 Å². The minimum Gasteiger partial charge on any atom is -0.457 e. The average Bonchev–Trinajstić information content (AvgIpc) is 2.44. The molecule has 0 aliphatic carbocycles. The van der Waals surface area contributed by atoms with Gasteiger partial charge in [-0.05, 0) is 79.3 Å². The van der Waals surface area contributed by atoms with Crippen molar-refractivity contribution in [3.8, 4) is 11.5 Å². The molecule has 1 amide bonds. The van der Waals surface area contributed by atoms with Crippen molar-refractivity contribution in [3.63, 3.8) is 0 Å². The van der Waals surface area contributed by atoms with Crippen LogP contribution in [0.1, 0.15) is 26.3 Å². The predicted octanol–water partition coefficient (Wildman–Crippen LogP) is 5.11. The maximum atomic E-state index is 11.7. The van der Waals surface area contributed by atoms with E-state index in [2.05, 4.69) is 27.9 Å². The first-order valence-corrected chi connectivity index (χ1v) is 8.39. The first-order valence-electron chi connectivity index (χ1n) is 7.31. The fourth-order valence-corrected chi connectivity index (χ4v) is 2.39. The molecule has 0 heterocycles. The van der Waals surface area contributed by atoms with Gasteiger partial charge in [-0.1, -0.05) is 18.2 Å². The van der Waals surface area contributed by atoms with E-state index in [4.69, 9.17) is 9.47 Å². The summed E-state index contributed by atoms with van der Waals surface area (Å²) < 4.78 is 12.2. The lowest BCUT2D eigenvalue weighted by Gasteiger charge is -2.19. The molecule has 0 spiro atoms. The molecule has 0 unspecified atom stereocenters. The van der Waals surface area contributed by atoms with E-state index >= 15 is 0 Å². The highest BCUT2D eigenvalue weighted by Crippen LogP contribution is 2.23. The summed E-state index contributed by atoms with van der Waals surface area (Å²) in [5, 5.41) is 2.74. The van der Waals surface area contributed by atoms with Crippen LogP contribution < -0.4 is 10.1 Å². The van der Waals surface area contributed by atoms with Crippen molar-refractivity contribution < 1.29 is 14.3 Å². The number of carbonyl (C=O) groups is 1. The molecule has 0 aliphatic heterocycles. The molecule has 0 radical (unpaired) electrons. The zero-order chi connectivity index (χ0) is 16.9. The van der Waals surface area contributed by atoms with E-state index in [1.54, 1.807) is 0 Å². The molecule has 4 nitrogen and oxygen atoms in total. The van der Waals surface area contributed by atoms with Crippen molar-refractivity contribution in [2.24, 2.45) is 0 Å². The molecule has 1 N–H and O–H groups in total. The molecule has 0 fully saturated rings. The second-order valence-electron chi connectivity index (χ2n) is 6.06. The minimum atomic E-state index is -0.500. The molecular formula is C18H20INO3. The van der Waals surface area contributed by atoms with Crippen LogP contribution in [-0.4, -0.2) is 11.7 Å². The SMILES string of the molecule is CC(C)(C)OC(=O)NCc1cccc(Oc2cccc(I)c2)c1. The van der Waals surface area contributed by atoms with Gasteiger partial charge in [-0.25, -0.2) is 4.79 Å². The van der Waals surface area contributed by atoms with Crippen LogP contribution in [0.5, 0.6) is 11.5 Å². The van der Waals surface area contributed by atoms with Crippen molar-refractivity contribution in [1.82, 2.24) is 5.32 Å². The Labute approximate surface area is 150 Å². The van der Waals surface area contributed by atoms with Crippen molar-refractivity contribution in [3.05, 3.63) is 57.7 Å². The van der Waals surface area contributed by atoms with E-state index in [9.17, 15) is 4.79 Å². The van der Waals surface area contributed by atoms with Gasteiger partial charge in [0.2, 0.25) is 0 Å². The zero-order valence-electron chi connectivity index (χ0n) is 13.4. The predicted molar refractivity (Wildman–Crippen MR) is 98.7 cm³/mol. The molecule has 122 valence electrons. The lowest BCUT2D eigenvalue weighted by Crippen LogP contribution is -2.32. The summed E-state index contributed by atoms with van der Waals surface area (Å²) in [4.78, 5) is 11.7. The van der Waals surface area contributed by atoms with Crippen LogP contribution in [0.15, 0.2) is 48.5 Å². The van der Waals surface area contributed by atoms with E-state index in [-0.39, 0.29) is 0 Å². The summed E-state index contributed by atoms with van der Waals surface area (Å²) in [6.07, 6.45) is -0.429. The van der Waals surface area contributed by atoms with Crippen LogP contribution in [0, 0.1) is 3.57 Å². The summed E-state index contributed by atoms with van der Waals surface area (Å²) >= 11 is 2.24. The Morgan fingerprint density at radius 1 is 1.09 bits per heavy atom. The maximum Gasteiger partial charge on any atom is 0.407 e. The first-order chi connectivity index (χ1) is 10.8. The molecular weight excluding hydrogens is 405 g/mol. The molecule has 0 bridgehead atoms. The number of hydrogen-bond acceptors (Lipinski definition) is 3. The highest BCUT2D eigenvalue weighted by molar-refractivity contribution is 14.1. The minimum absolute atomic E-state index is 0.387. The third-order valence-corrected chi connectivity index (χ3v) is 3.44. The van der Waals surface area contributed by atoms with Gasteiger partial charge in [0.15, 0.2) is 0 Å².